The first-order valence-electron chi connectivity index (χ1n) is 6.24. The predicted octanol–water partition coefficient (Wildman–Crippen LogP) is 4.23. The average Bonchev–Trinajstić information content (AvgIpc) is 2.97. The molecule has 2 saturated carbocycles. The highest BCUT2D eigenvalue weighted by Gasteiger charge is 2.41. The van der Waals surface area contributed by atoms with Gasteiger partial charge < -0.3 is 0 Å². The van der Waals surface area contributed by atoms with Crippen molar-refractivity contribution in [3.8, 4) is 0 Å². The molecular weight excluding hydrogens is 168 g/mol. The summed E-state index contributed by atoms with van der Waals surface area (Å²) in [7, 11) is 0. The van der Waals surface area contributed by atoms with Gasteiger partial charge in [-0.3, -0.25) is 0 Å². The van der Waals surface area contributed by atoms with Crippen molar-refractivity contribution >= 4 is 0 Å². The average molecular weight is 188 g/mol. The maximum absolute atomic E-state index is 2.55. The second-order valence-electron chi connectivity index (χ2n) is 5.55. The van der Waals surface area contributed by atoms with E-state index >= 15 is 0 Å². The molecule has 0 unspecified atom stereocenters. The molecule has 2 fully saturated rings. The van der Waals surface area contributed by atoms with Crippen LogP contribution in [0.1, 0.15) is 51.4 Å². The third-order valence-corrected chi connectivity index (χ3v) is 4.36. The zero-order valence-corrected chi connectivity index (χ0v) is 8.97. The summed E-state index contributed by atoms with van der Waals surface area (Å²) in [6, 6.07) is 0. The number of hydrogen-bond acceptors (Lipinski definition) is 0. The third-order valence-electron chi connectivity index (χ3n) is 4.36. The lowest BCUT2D eigenvalue weighted by atomic mass is 9.75. The molecule has 76 valence electrons. The van der Waals surface area contributed by atoms with Gasteiger partial charge in [0.1, 0.15) is 0 Å². The van der Waals surface area contributed by atoms with Crippen LogP contribution in [0.5, 0.6) is 0 Å². The van der Waals surface area contributed by atoms with Gasteiger partial charge in [0.2, 0.25) is 0 Å². The lowest BCUT2D eigenvalue weighted by molar-refractivity contribution is 0.411. The van der Waals surface area contributed by atoms with E-state index in [1.54, 1.807) is 0 Å². The minimum atomic E-state index is 0.477. The van der Waals surface area contributed by atoms with E-state index in [-0.39, 0.29) is 0 Å². The van der Waals surface area contributed by atoms with Crippen LogP contribution in [-0.2, 0) is 0 Å². The van der Waals surface area contributed by atoms with Crippen molar-refractivity contribution in [2.75, 3.05) is 0 Å². The molecule has 0 aromatic rings. The van der Waals surface area contributed by atoms with Gasteiger partial charge in [0.25, 0.3) is 0 Å². The fraction of sp³-hybridized carbons (Fsp3) is 0.714. The van der Waals surface area contributed by atoms with Gasteiger partial charge in [0.15, 0.2) is 0 Å². The van der Waals surface area contributed by atoms with Crippen LogP contribution in [0.4, 0.5) is 0 Å². The van der Waals surface area contributed by atoms with Crippen molar-refractivity contribution in [2.24, 2.45) is 10.8 Å². The van der Waals surface area contributed by atoms with Gasteiger partial charge in [-0.2, -0.15) is 0 Å². The van der Waals surface area contributed by atoms with E-state index in [2.05, 4.69) is 24.3 Å². The van der Waals surface area contributed by atoms with Gasteiger partial charge in [0.05, 0.1) is 0 Å². The molecule has 0 aromatic carbocycles. The molecule has 0 heteroatoms. The molecule has 3 rings (SSSR count). The molecule has 0 heterocycles. The Hall–Kier alpha value is -0.520. The summed E-state index contributed by atoms with van der Waals surface area (Å²) in [4.78, 5) is 0. The Morgan fingerprint density at radius 2 is 0.929 bits per heavy atom. The maximum Gasteiger partial charge on any atom is 0.00624 e. The summed E-state index contributed by atoms with van der Waals surface area (Å²) < 4.78 is 0. The van der Waals surface area contributed by atoms with Crippen molar-refractivity contribution in [3.05, 3.63) is 24.3 Å². The molecule has 2 spiro atoms. The third kappa shape index (κ3) is 1.45. The van der Waals surface area contributed by atoms with Crippen LogP contribution in [0.25, 0.3) is 0 Å². The summed E-state index contributed by atoms with van der Waals surface area (Å²) in [6.07, 6.45) is 21.5. The van der Waals surface area contributed by atoms with Crippen molar-refractivity contribution in [1.82, 2.24) is 0 Å². The van der Waals surface area contributed by atoms with Crippen molar-refractivity contribution in [2.45, 2.75) is 51.4 Å². The lowest BCUT2D eigenvalue weighted by Crippen LogP contribution is -2.17. The van der Waals surface area contributed by atoms with E-state index in [1.807, 2.05) is 0 Å². The van der Waals surface area contributed by atoms with Crippen LogP contribution in [-0.4, -0.2) is 0 Å². The molecule has 0 atom stereocenters. The molecule has 0 nitrogen and oxygen atoms in total. The molecule has 0 N–H and O–H groups in total. The van der Waals surface area contributed by atoms with Gasteiger partial charge in [-0.25, -0.2) is 0 Å². The first-order valence-corrected chi connectivity index (χ1v) is 6.24. The van der Waals surface area contributed by atoms with Crippen LogP contribution in [0, 0.1) is 10.8 Å². The quantitative estimate of drug-likeness (QED) is 0.499. The number of rotatable bonds is 0. The topological polar surface area (TPSA) is 0 Å². The molecular formula is C14H20. The molecule has 0 amide bonds. The Morgan fingerprint density at radius 3 is 1.36 bits per heavy atom. The van der Waals surface area contributed by atoms with Gasteiger partial charge in [-0.05, 0) is 25.7 Å². The van der Waals surface area contributed by atoms with Crippen LogP contribution in [0.3, 0.4) is 0 Å². The largest absolute Gasteiger partial charge is 0.0777 e. The zero-order valence-electron chi connectivity index (χ0n) is 8.97. The van der Waals surface area contributed by atoms with Crippen molar-refractivity contribution in [3.63, 3.8) is 0 Å². The summed E-state index contributed by atoms with van der Waals surface area (Å²) >= 11 is 0. The zero-order chi connectivity index (χ0) is 9.49. The van der Waals surface area contributed by atoms with Gasteiger partial charge in [-0.1, -0.05) is 50.0 Å². The molecule has 0 radical (unpaired) electrons. The summed E-state index contributed by atoms with van der Waals surface area (Å²) in [5, 5.41) is 0. The normalized spacial score (nSPS) is 32.0. The van der Waals surface area contributed by atoms with Gasteiger partial charge in [-0.15, -0.1) is 0 Å². The summed E-state index contributed by atoms with van der Waals surface area (Å²) in [6.45, 7) is 0. The van der Waals surface area contributed by atoms with Gasteiger partial charge in [0, 0.05) is 10.8 Å². The molecule has 14 heavy (non-hydrogen) atoms. The SMILES string of the molecule is C1=CC2(C=CC13CCCCCC3)CC2. The molecule has 0 aliphatic heterocycles. The second-order valence-corrected chi connectivity index (χ2v) is 5.55. The van der Waals surface area contributed by atoms with Gasteiger partial charge >= 0.3 is 0 Å². The highest BCUT2D eigenvalue weighted by molar-refractivity contribution is 5.30. The van der Waals surface area contributed by atoms with Crippen LogP contribution >= 0.6 is 0 Å². The van der Waals surface area contributed by atoms with E-state index < -0.39 is 0 Å². The Labute approximate surface area is 87.1 Å². The van der Waals surface area contributed by atoms with Crippen molar-refractivity contribution < 1.29 is 0 Å². The molecule has 3 aliphatic carbocycles. The van der Waals surface area contributed by atoms with Crippen LogP contribution in [0.2, 0.25) is 0 Å². The smallest absolute Gasteiger partial charge is 0.00624 e. The monoisotopic (exact) mass is 188 g/mol. The number of allylic oxidation sites excluding steroid dienone is 4. The van der Waals surface area contributed by atoms with E-state index in [9.17, 15) is 0 Å². The predicted molar refractivity (Wildman–Crippen MR) is 60.1 cm³/mol. The minimum absolute atomic E-state index is 0.477. The number of hydrogen-bond donors (Lipinski definition) is 0. The lowest BCUT2D eigenvalue weighted by Gasteiger charge is -2.29. The highest BCUT2D eigenvalue weighted by Crippen LogP contribution is 2.54. The second kappa shape index (κ2) is 2.98. The highest BCUT2D eigenvalue weighted by atomic mass is 14.5. The standard InChI is InChI=1S/C14H20/c1-2-4-6-13(5-3-1)7-9-14(10-8-13)11-12-14/h7-10H,1-6,11-12H2. The first kappa shape index (κ1) is 8.76. The molecule has 0 saturated heterocycles. The van der Waals surface area contributed by atoms with E-state index in [1.165, 1.54) is 51.4 Å². The summed E-state index contributed by atoms with van der Waals surface area (Å²) in [5.41, 5.74) is 1.02. The Bertz CT molecular complexity index is 252. The van der Waals surface area contributed by atoms with E-state index in [0.29, 0.717) is 10.8 Å². The fourth-order valence-corrected chi connectivity index (χ4v) is 2.97. The minimum Gasteiger partial charge on any atom is -0.0777 e. The Morgan fingerprint density at radius 1 is 0.500 bits per heavy atom. The molecule has 0 bridgehead atoms. The fourth-order valence-electron chi connectivity index (χ4n) is 2.97. The van der Waals surface area contributed by atoms with Crippen LogP contribution in [0.15, 0.2) is 24.3 Å². The first-order chi connectivity index (χ1) is 6.83. The van der Waals surface area contributed by atoms with Crippen molar-refractivity contribution in [1.29, 1.82) is 0 Å². The van der Waals surface area contributed by atoms with E-state index in [4.69, 9.17) is 0 Å². The van der Waals surface area contributed by atoms with Crippen LogP contribution < -0.4 is 0 Å². The Balaban J connectivity index is 1.80. The van der Waals surface area contributed by atoms with E-state index in [0.717, 1.165) is 0 Å². The Kier molecular flexibility index (Phi) is 1.87. The maximum atomic E-state index is 2.55. The molecule has 0 aromatic heterocycles. The molecule has 3 aliphatic rings. The summed E-state index contributed by atoms with van der Waals surface area (Å²) in [5.74, 6) is 0.